The third-order valence-electron chi connectivity index (χ3n) is 5.88. The van der Waals surface area contributed by atoms with Gasteiger partial charge in [-0.05, 0) is 54.4 Å². The lowest BCUT2D eigenvalue weighted by molar-refractivity contribution is 0.566. The van der Waals surface area contributed by atoms with Gasteiger partial charge in [-0.15, -0.1) is 0 Å². The minimum absolute atomic E-state index is 0.0265. The second-order valence-electron chi connectivity index (χ2n) is 9.43. The van der Waals surface area contributed by atoms with Crippen molar-refractivity contribution in [1.29, 1.82) is 0 Å². The maximum absolute atomic E-state index is 11.6. The summed E-state index contributed by atoms with van der Waals surface area (Å²) in [6.45, 7) is 2.06. The van der Waals surface area contributed by atoms with Gasteiger partial charge in [-0.1, -0.05) is 42.0 Å². The van der Waals surface area contributed by atoms with Crippen molar-refractivity contribution in [3.05, 3.63) is 95.7 Å². The van der Waals surface area contributed by atoms with Crippen LogP contribution in [0, 0.1) is 6.92 Å². The monoisotopic (exact) mass is 515 g/mol. The molecular formula is C27H29N7O2S. The Kier molecular flexibility index (Phi) is 6.45. The van der Waals surface area contributed by atoms with E-state index in [0.717, 1.165) is 22.6 Å². The van der Waals surface area contributed by atoms with Crippen molar-refractivity contribution in [3.63, 3.8) is 0 Å². The predicted octanol–water partition coefficient (Wildman–Crippen LogP) is 4.51. The van der Waals surface area contributed by atoms with E-state index < -0.39 is 15.6 Å². The number of nitrogens with one attached hydrogen (secondary N) is 4. The van der Waals surface area contributed by atoms with Crippen molar-refractivity contribution in [2.75, 3.05) is 27.5 Å². The number of benzene rings is 3. The Bertz CT molecular complexity index is 1540. The molecule has 2 heterocycles. The lowest BCUT2D eigenvalue weighted by Gasteiger charge is -2.26. The van der Waals surface area contributed by atoms with Crippen LogP contribution in [-0.2, 0) is 22.0 Å². The summed E-state index contributed by atoms with van der Waals surface area (Å²) in [5, 5.41) is 13.2. The first-order valence-corrected chi connectivity index (χ1v) is 13.9. The third-order valence-corrected chi connectivity index (χ3v) is 6.74. The molecule has 4 aromatic rings. The van der Waals surface area contributed by atoms with Crippen LogP contribution < -0.4 is 27.0 Å². The first-order valence-electron chi connectivity index (χ1n) is 11.8. The van der Waals surface area contributed by atoms with Crippen LogP contribution in [0.4, 0.5) is 34.5 Å². The number of fused-ring (bicyclic) bond motifs is 1. The highest BCUT2D eigenvalue weighted by Gasteiger charge is 2.32. The Morgan fingerprint density at radius 1 is 0.892 bits per heavy atom. The van der Waals surface area contributed by atoms with E-state index in [4.69, 9.17) is 5.73 Å². The van der Waals surface area contributed by atoms with Gasteiger partial charge in [-0.3, -0.25) is 5.73 Å². The molecule has 1 aliphatic rings. The lowest BCUT2D eigenvalue weighted by Crippen LogP contribution is -2.53. The fourth-order valence-corrected chi connectivity index (χ4v) is 5.05. The standard InChI is InChI=1S/C27H29N7O2S/c1-18-6-8-19(9-7-18)16-27(28)33-23-11-10-22(15-24(23)34-27)30-25-12-13-29-26(32-25)31-21-5-3-4-20(14-21)17-37(2,35)36/h3-15,33-34H,16-17,28H2,1-2H3,(H2,29,30,31,32). The number of anilines is 6. The van der Waals surface area contributed by atoms with Crippen molar-refractivity contribution in [3.8, 4) is 0 Å². The molecule has 190 valence electrons. The molecule has 1 unspecified atom stereocenters. The molecular weight excluding hydrogens is 486 g/mol. The normalized spacial score (nSPS) is 16.4. The highest BCUT2D eigenvalue weighted by Crippen LogP contribution is 2.36. The Labute approximate surface area is 216 Å². The van der Waals surface area contributed by atoms with E-state index >= 15 is 0 Å². The zero-order chi connectivity index (χ0) is 26.0. The van der Waals surface area contributed by atoms with Crippen molar-refractivity contribution < 1.29 is 8.42 Å². The van der Waals surface area contributed by atoms with Crippen LogP contribution in [0.2, 0.25) is 0 Å². The molecule has 0 bridgehead atoms. The van der Waals surface area contributed by atoms with E-state index in [0.29, 0.717) is 29.4 Å². The average Bonchev–Trinajstić information content (AvgIpc) is 3.15. The average molecular weight is 516 g/mol. The smallest absolute Gasteiger partial charge is 0.229 e. The first-order chi connectivity index (χ1) is 17.6. The number of hydrogen-bond donors (Lipinski definition) is 5. The summed E-state index contributed by atoms with van der Waals surface area (Å²) in [5.41, 5.74) is 13.0. The minimum Gasteiger partial charge on any atom is -0.349 e. The molecule has 0 aliphatic carbocycles. The summed E-state index contributed by atoms with van der Waals surface area (Å²) < 4.78 is 23.2. The number of sulfone groups is 1. The van der Waals surface area contributed by atoms with E-state index in [1.807, 2.05) is 24.3 Å². The molecule has 6 N–H and O–H groups in total. The highest BCUT2D eigenvalue weighted by atomic mass is 32.2. The van der Waals surface area contributed by atoms with Gasteiger partial charge in [0, 0.05) is 30.2 Å². The Morgan fingerprint density at radius 2 is 1.65 bits per heavy atom. The quantitative estimate of drug-likeness (QED) is 0.230. The maximum Gasteiger partial charge on any atom is 0.229 e. The van der Waals surface area contributed by atoms with Gasteiger partial charge >= 0.3 is 0 Å². The molecule has 1 aromatic heterocycles. The second kappa shape index (κ2) is 9.72. The number of rotatable bonds is 8. The summed E-state index contributed by atoms with van der Waals surface area (Å²) in [6.07, 6.45) is 3.49. The molecule has 10 heteroatoms. The van der Waals surface area contributed by atoms with Gasteiger partial charge in [-0.25, -0.2) is 13.4 Å². The third kappa shape index (κ3) is 6.35. The van der Waals surface area contributed by atoms with Gasteiger partial charge in [0.15, 0.2) is 15.6 Å². The van der Waals surface area contributed by atoms with E-state index in [1.54, 1.807) is 30.5 Å². The number of hydrogen-bond acceptors (Lipinski definition) is 9. The van der Waals surface area contributed by atoms with Crippen LogP contribution >= 0.6 is 0 Å². The molecule has 1 aliphatic heterocycles. The van der Waals surface area contributed by atoms with Gasteiger partial charge in [0.25, 0.3) is 0 Å². The molecule has 0 saturated carbocycles. The molecule has 5 rings (SSSR count). The van der Waals surface area contributed by atoms with Gasteiger partial charge in [0.1, 0.15) is 5.82 Å². The molecule has 0 saturated heterocycles. The molecule has 0 spiro atoms. The van der Waals surface area contributed by atoms with E-state index in [1.165, 1.54) is 11.8 Å². The number of nitrogens with two attached hydrogens (primary N) is 1. The topological polar surface area (TPSA) is 134 Å². The zero-order valence-electron chi connectivity index (χ0n) is 20.6. The molecule has 3 aromatic carbocycles. The largest absolute Gasteiger partial charge is 0.349 e. The van der Waals surface area contributed by atoms with Crippen LogP contribution in [0.25, 0.3) is 0 Å². The molecule has 0 amide bonds. The second-order valence-corrected chi connectivity index (χ2v) is 11.6. The highest BCUT2D eigenvalue weighted by molar-refractivity contribution is 7.89. The van der Waals surface area contributed by atoms with Crippen molar-refractivity contribution in [2.45, 2.75) is 24.9 Å². The number of aryl methyl sites for hydroxylation is 1. The van der Waals surface area contributed by atoms with Crippen LogP contribution in [0.3, 0.4) is 0 Å². The summed E-state index contributed by atoms with van der Waals surface area (Å²) in [5.74, 6) is 0.186. The van der Waals surface area contributed by atoms with Crippen molar-refractivity contribution >= 4 is 44.4 Å². The van der Waals surface area contributed by atoms with Crippen molar-refractivity contribution in [1.82, 2.24) is 9.97 Å². The minimum atomic E-state index is -3.12. The summed E-state index contributed by atoms with van der Waals surface area (Å²) in [4.78, 5) is 8.82. The molecule has 1 atom stereocenters. The molecule has 9 nitrogen and oxygen atoms in total. The maximum atomic E-state index is 11.6. The van der Waals surface area contributed by atoms with E-state index in [2.05, 4.69) is 62.4 Å². The molecule has 0 fully saturated rings. The first kappa shape index (κ1) is 24.5. The van der Waals surface area contributed by atoms with Gasteiger partial charge in [0.2, 0.25) is 5.95 Å². The van der Waals surface area contributed by atoms with Crippen LogP contribution in [0.5, 0.6) is 0 Å². The zero-order valence-corrected chi connectivity index (χ0v) is 21.4. The summed E-state index contributed by atoms with van der Waals surface area (Å²) >= 11 is 0. The number of nitrogens with zero attached hydrogens (tertiary/aromatic N) is 2. The van der Waals surface area contributed by atoms with E-state index in [-0.39, 0.29) is 5.75 Å². The Balaban J connectivity index is 1.26. The van der Waals surface area contributed by atoms with Crippen LogP contribution in [-0.4, -0.2) is 30.4 Å². The molecule has 0 radical (unpaired) electrons. The Morgan fingerprint density at radius 3 is 2.43 bits per heavy atom. The molecule has 37 heavy (non-hydrogen) atoms. The summed E-state index contributed by atoms with van der Waals surface area (Å²) in [6, 6.07) is 23.2. The van der Waals surface area contributed by atoms with Crippen LogP contribution in [0.15, 0.2) is 79.0 Å². The van der Waals surface area contributed by atoms with Gasteiger partial charge < -0.3 is 21.3 Å². The predicted molar refractivity (Wildman–Crippen MR) is 149 cm³/mol. The summed E-state index contributed by atoms with van der Waals surface area (Å²) in [7, 11) is -3.12. The SMILES string of the molecule is Cc1ccc(CC2(N)Nc3ccc(Nc4ccnc(Nc5cccc(CS(C)(=O)=O)c5)n4)cc3N2)cc1. The fourth-order valence-electron chi connectivity index (χ4n) is 4.27. The van der Waals surface area contributed by atoms with E-state index in [9.17, 15) is 8.42 Å². The fraction of sp³-hybridized carbons (Fsp3) is 0.185. The van der Waals surface area contributed by atoms with Crippen LogP contribution in [0.1, 0.15) is 16.7 Å². The van der Waals surface area contributed by atoms with Crippen molar-refractivity contribution in [2.24, 2.45) is 5.73 Å². The van der Waals surface area contributed by atoms with Gasteiger partial charge in [0.05, 0.1) is 17.1 Å². The number of aromatic nitrogens is 2. The Hall–Kier alpha value is -4.15. The van der Waals surface area contributed by atoms with Gasteiger partial charge in [-0.2, -0.15) is 4.98 Å². The lowest BCUT2D eigenvalue weighted by atomic mass is 10.1.